The number of aromatic nitrogens is 1. The van der Waals surface area contributed by atoms with E-state index in [-0.39, 0.29) is 25.8 Å². The average molecular weight is 439 g/mol. The molecule has 8 heteroatoms. The van der Waals surface area contributed by atoms with Gasteiger partial charge < -0.3 is 33.0 Å². The van der Waals surface area contributed by atoms with Gasteiger partial charge in [-0.2, -0.15) is 0 Å². The Balaban J connectivity index is 1.99. The van der Waals surface area contributed by atoms with E-state index in [4.69, 9.17) is 28.4 Å². The Morgan fingerprint density at radius 2 is 1.88 bits per heavy atom. The molecule has 0 saturated carbocycles. The molecule has 0 radical (unpaired) electrons. The molecule has 0 amide bonds. The number of hydrogen-bond acceptors (Lipinski definition) is 7. The Morgan fingerprint density at radius 1 is 1.09 bits per heavy atom. The molecule has 1 aliphatic heterocycles. The predicted octanol–water partition coefficient (Wildman–Crippen LogP) is 3.72. The highest BCUT2D eigenvalue weighted by Gasteiger charge is 2.22. The van der Waals surface area contributed by atoms with Crippen molar-refractivity contribution in [3.05, 3.63) is 58.9 Å². The molecule has 0 spiro atoms. The van der Waals surface area contributed by atoms with Gasteiger partial charge in [0.2, 0.25) is 6.79 Å². The number of allylic oxidation sites excluding steroid dienone is 1. The van der Waals surface area contributed by atoms with Crippen LogP contribution in [0.5, 0.6) is 23.0 Å². The highest BCUT2D eigenvalue weighted by Crippen LogP contribution is 2.40. The first-order valence-electron chi connectivity index (χ1n) is 10.0. The number of ether oxygens (including phenoxy) is 6. The quantitative estimate of drug-likeness (QED) is 0.286. The van der Waals surface area contributed by atoms with Gasteiger partial charge in [0.15, 0.2) is 23.0 Å². The van der Waals surface area contributed by atoms with Gasteiger partial charge in [0.05, 0.1) is 31.9 Å². The summed E-state index contributed by atoms with van der Waals surface area (Å²) in [6, 6.07) is 9.31. The Labute approximate surface area is 185 Å². The fourth-order valence-corrected chi connectivity index (χ4v) is 3.86. The van der Waals surface area contributed by atoms with Crippen LogP contribution in [0.15, 0.2) is 47.8 Å². The summed E-state index contributed by atoms with van der Waals surface area (Å²) < 4.78 is 34.3. The zero-order valence-electron chi connectivity index (χ0n) is 18.3. The summed E-state index contributed by atoms with van der Waals surface area (Å²) in [5, 5.41) is 1.17. The van der Waals surface area contributed by atoms with Crippen LogP contribution in [0.2, 0.25) is 0 Å². The van der Waals surface area contributed by atoms with Crippen molar-refractivity contribution >= 4 is 10.8 Å². The van der Waals surface area contributed by atoms with E-state index in [1.807, 2.05) is 24.3 Å². The Bertz CT molecular complexity index is 1220. The molecule has 168 valence electrons. The molecular weight excluding hydrogens is 414 g/mol. The monoisotopic (exact) mass is 439 g/mol. The molecule has 0 fully saturated rings. The van der Waals surface area contributed by atoms with Crippen molar-refractivity contribution in [2.24, 2.45) is 0 Å². The molecule has 0 aliphatic carbocycles. The summed E-state index contributed by atoms with van der Waals surface area (Å²) in [5.74, 6) is 2.13. The molecule has 0 bridgehead atoms. The first-order valence-corrected chi connectivity index (χ1v) is 10.0. The van der Waals surface area contributed by atoms with Gasteiger partial charge in [-0.05, 0) is 35.2 Å². The Hall–Kier alpha value is -3.49. The third-order valence-electron chi connectivity index (χ3n) is 5.26. The maximum absolute atomic E-state index is 13.6. The first kappa shape index (κ1) is 21.7. The van der Waals surface area contributed by atoms with E-state index in [1.165, 1.54) is 7.11 Å². The number of benzene rings is 2. The molecule has 1 aromatic heterocycles. The molecule has 2 heterocycles. The summed E-state index contributed by atoms with van der Waals surface area (Å²) >= 11 is 0. The fourth-order valence-electron chi connectivity index (χ4n) is 3.86. The molecular formula is C24H25NO7. The fraction of sp³-hybridized carbons (Fsp3) is 0.292. The molecule has 3 aromatic rings. The summed E-state index contributed by atoms with van der Waals surface area (Å²) in [5.41, 5.74) is 2.11. The van der Waals surface area contributed by atoms with Gasteiger partial charge in [-0.3, -0.25) is 4.79 Å². The zero-order valence-corrected chi connectivity index (χ0v) is 18.3. The molecule has 0 unspecified atom stereocenters. The molecule has 4 rings (SSSR count). The lowest BCUT2D eigenvalue weighted by Crippen LogP contribution is -2.22. The van der Waals surface area contributed by atoms with Crippen molar-refractivity contribution in [3.8, 4) is 34.3 Å². The van der Waals surface area contributed by atoms with Crippen LogP contribution >= 0.6 is 0 Å². The summed E-state index contributed by atoms with van der Waals surface area (Å²) in [6.07, 6.45) is 1.68. The van der Waals surface area contributed by atoms with E-state index in [2.05, 4.69) is 6.58 Å². The first-order chi connectivity index (χ1) is 15.6. The van der Waals surface area contributed by atoms with Gasteiger partial charge in [-0.15, -0.1) is 6.58 Å². The molecule has 8 nitrogen and oxygen atoms in total. The van der Waals surface area contributed by atoms with Crippen LogP contribution in [0.3, 0.4) is 0 Å². The summed E-state index contributed by atoms with van der Waals surface area (Å²) in [7, 11) is 4.62. The number of methoxy groups -OCH3 is 3. The van der Waals surface area contributed by atoms with Crippen molar-refractivity contribution in [1.82, 2.24) is 4.57 Å². The SMILES string of the molecule is C=CCn1c(-c2cc3c(cc2COCOC)OCO3)cc2ccc(OC)c(OC)c2c1=O. The van der Waals surface area contributed by atoms with Crippen molar-refractivity contribution in [2.45, 2.75) is 13.2 Å². The number of pyridine rings is 1. The van der Waals surface area contributed by atoms with Crippen LogP contribution < -0.4 is 24.5 Å². The minimum absolute atomic E-state index is 0.141. The molecule has 32 heavy (non-hydrogen) atoms. The number of fused-ring (bicyclic) bond motifs is 2. The standard InChI is InChI=1S/C24H25NO7/c1-5-8-25-18(9-15-6-7-19(28-3)23(29-4)22(15)24(25)26)17-11-21-20(31-14-32-21)10-16(17)12-30-13-27-2/h5-7,9-11H,1,8,12-14H2,2-4H3. The van der Waals surface area contributed by atoms with Gasteiger partial charge in [-0.1, -0.05) is 12.1 Å². The van der Waals surface area contributed by atoms with Crippen LogP contribution in [0.4, 0.5) is 0 Å². The average Bonchev–Trinajstić information content (AvgIpc) is 3.27. The van der Waals surface area contributed by atoms with E-state index < -0.39 is 0 Å². The number of hydrogen-bond donors (Lipinski definition) is 0. The third-order valence-corrected chi connectivity index (χ3v) is 5.26. The lowest BCUT2D eigenvalue weighted by Gasteiger charge is -2.18. The Kier molecular flexibility index (Phi) is 6.34. The molecule has 2 aromatic carbocycles. The van der Waals surface area contributed by atoms with Crippen molar-refractivity contribution in [2.75, 3.05) is 34.9 Å². The van der Waals surface area contributed by atoms with Gasteiger partial charge in [0.25, 0.3) is 5.56 Å². The van der Waals surface area contributed by atoms with E-state index in [9.17, 15) is 4.79 Å². The van der Waals surface area contributed by atoms with Crippen molar-refractivity contribution in [3.63, 3.8) is 0 Å². The van der Waals surface area contributed by atoms with E-state index in [1.54, 1.807) is 30.9 Å². The van der Waals surface area contributed by atoms with E-state index in [0.717, 1.165) is 16.5 Å². The second-order valence-electron chi connectivity index (χ2n) is 7.12. The number of rotatable bonds is 9. The maximum atomic E-state index is 13.6. The molecule has 0 atom stereocenters. The highest BCUT2D eigenvalue weighted by atomic mass is 16.7. The Morgan fingerprint density at radius 3 is 2.56 bits per heavy atom. The smallest absolute Gasteiger partial charge is 0.263 e. The minimum atomic E-state index is -0.213. The maximum Gasteiger partial charge on any atom is 0.263 e. The van der Waals surface area contributed by atoms with Crippen LogP contribution in [0, 0.1) is 0 Å². The summed E-state index contributed by atoms with van der Waals surface area (Å²) in [6.45, 7) is 4.69. The topological polar surface area (TPSA) is 77.4 Å². The van der Waals surface area contributed by atoms with E-state index >= 15 is 0 Å². The minimum Gasteiger partial charge on any atom is -0.493 e. The van der Waals surface area contributed by atoms with Crippen molar-refractivity contribution in [1.29, 1.82) is 0 Å². The van der Waals surface area contributed by atoms with E-state index in [0.29, 0.717) is 40.6 Å². The predicted molar refractivity (Wildman–Crippen MR) is 120 cm³/mol. The van der Waals surface area contributed by atoms with Gasteiger partial charge in [0.1, 0.15) is 6.79 Å². The zero-order chi connectivity index (χ0) is 22.7. The van der Waals surface area contributed by atoms with Gasteiger partial charge >= 0.3 is 0 Å². The van der Waals surface area contributed by atoms with Crippen LogP contribution in [0.1, 0.15) is 5.56 Å². The molecule has 1 aliphatic rings. The molecule has 0 N–H and O–H groups in total. The van der Waals surface area contributed by atoms with Gasteiger partial charge in [0, 0.05) is 19.2 Å². The van der Waals surface area contributed by atoms with Crippen LogP contribution in [-0.2, 0) is 22.6 Å². The highest BCUT2D eigenvalue weighted by molar-refractivity contribution is 5.93. The largest absolute Gasteiger partial charge is 0.493 e. The lowest BCUT2D eigenvalue weighted by molar-refractivity contribution is -0.0389. The van der Waals surface area contributed by atoms with Gasteiger partial charge in [-0.25, -0.2) is 0 Å². The second kappa shape index (κ2) is 9.33. The van der Waals surface area contributed by atoms with Crippen LogP contribution in [0.25, 0.3) is 22.0 Å². The lowest BCUT2D eigenvalue weighted by atomic mass is 10.00. The summed E-state index contributed by atoms with van der Waals surface area (Å²) in [4.78, 5) is 13.6. The second-order valence-corrected chi connectivity index (χ2v) is 7.12. The molecule has 0 saturated heterocycles. The van der Waals surface area contributed by atoms with Crippen LogP contribution in [-0.4, -0.2) is 39.5 Å². The number of nitrogens with zero attached hydrogens (tertiary/aromatic N) is 1. The van der Waals surface area contributed by atoms with Crippen molar-refractivity contribution < 1.29 is 28.4 Å². The third kappa shape index (κ3) is 3.79. The normalized spacial score (nSPS) is 12.2.